The summed E-state index contributed by atoms with van der Waals surface area (Å²) in [6, 6.07) is 14.9. The largest absolute Gasteiger partial charge is 0.393 e. The number of aliphatic hydroxyl groups excluding tert-OH is 1. The maximum absolute atomic E-state index is 14.1. The minimum absolute atomic E-state index is 0.0354. The molecule has 5 rings (SSSR count). The summed E-state index contributed by atoms with van der Waals surface area (Å²) < 4.78 is 0. The van der Waals surface area contributed by atoms with E-state index >= 15 is 0 Å². The smallest absolute Gasteiger partial charge is 0.237 e. The molecule has 6 nitrogen and oxygen atoms in total. The first-order valence-electron chi connectivity index (χ1n) is 13.0. The Kier molecular flexibility index (Phi) is 6.64. The van der Waals surface area contributed by atoms with E-state index in [0.29, 0.717) is 24.3 Å². The standard InChI is InChI=1S/C29H36ClN3O3/c1-28(2,3)26-29(21-14-9-18(30)16-23(21)32-27(29)36)22(15-17-7-5-4-6-8-17)24(33-26)25(35)31-19-10-12-20(34)13-11-19/h4-9,14,16,19-20,22,24,26,33-34H,10-13,15H2,1-3H3,(H,31,35)(H,32,36)/t19-,20-,22?,24?,26-,29?/m0/s1. The predicted molar refractivity (Wildman–Crippen MR) is 142 cm³/mol. The summed E-state index contributed by atoms with van der Waals surface area (Å²) in [6.07, 6.45) is 3.21. The van der Waals surface area contributed by atoms with Gasteiger partial charge in [0.15, 0.2) is 0 Å². The van der Waals surface area contributed by atoms with E-state index in [2.05, 4.69) is 48.9 Å². The highest BCUT2D eigenvalue weighted by molar-refractivity contribution is 6.31. The van der Waals surface area contributed by atoms with Crippen LogP contribution in [0.25, 0.3) is 0 Å². The molecule has 4 atom stereocenters. The van der Waals surface area contributed by atoms with E-state index in [4.69, 9.17) is 11.6 Å². The molecule has 0 radical (unpaired) electrons. The number of fused-ring (bicyclic) bond motifs is 2. The lowest BCUT2D eigenvalue weighted by molar-refractivity contribution is -0.126. The number of rotatable bonds is 4. The van der Waals surface area contributed by atoms with Gasteiger partial charge in [-0.3, -0.25) is 9.59 Å². The van der Waals surface area contributed by atoms with Gasteiger partial charge in [-0.15, -0.1) is 0 Å². The van der Waals surface area contributed by atoms with Gasteiger partial charge in [-0.25, -0.2) is 0 Å². The quantitative estimate of drug-likeness (QED) is 0.497. The maximum atomic E-state index is 14.1. The van der Waals surface area contributed by atoms with E-state index in [0.717, 1.165) is 29.7 Å². The molecule has 2 aliphatic heterocycles. The van der Waals surface area contributed by atoms with Gasteiger partial charge in [0.1, 0.15) is 0 Å². The van der Waals surface area contributed by atoms with E-state index in [1.165, 1.54) is 0 Å². The fourth-order valence-corrected chi connectivity index (χ4v) is 6.91. The Balaban J connectivity index is 1.59. The Labute approximate surface area is 218 Å². The van der Waals surface area contributed by atoms with Crippen LogP contribution >= 0.6 is 11.6 Å². The molecule has 192 valence electrons. The number of hydrogen-bond acceptors (Lipinski definition) is 4. The molecule has 1 spiro atoms. The number of halogens is 1. The second-order valence-electron chi connectivity index (χ2n) is 11.8. The van der Waals surface area contributed by atoms with Gasteiger partial charge in [0.05, 0.1) is 17.6 Å². The van der Waals surface area contributed by atoms with Crippen molar-refractivity contribution < 1.29 is 14.7 Å². The van der Waals surface area contributed by atoms with Crippen LogP contribution in [-0.2, 0) is 21.4 Å². The fraction of sp³-hybridized carbons (Fsp3) is 0.517. The van der Waals surface area contributed by atoms with Gasteiger partial charge in [-0.1, -0.05) is 68.8 Å². The number of benzene rings is 2. The lowest BCUT2D eigenvalue weighted by atomic mass is 9.60. The second-order valence-corrected chi connectivity index (χ2v) is 12.2. The minimum atomic E-state index is -0.932. The van der Waals surface area contributed by atoms with Crippen LogP contribution in [0.15, 0.2) is 48.5 Å². The number of nitrogens with one attached hydrogen (secondary N) is 3. The zero-order valence-corrected chi connectivity index (χ0v) is 21.9. The number of anilines is 1. The summed E-state index contributed by atoms with van der Waals surface area (Å²) in [6.45, 7) is 6.36. The highest BCUT2D eigenvalue weighted by atomic mass is 35.5. The molecule has 3 unspecified atom stereocenters. The number of amides is 2. The SMILES string of the molecule is CC(C)(C)[C@@H]1NC(C(=O)N[C@H]2CC[C@H](O)CC2)C(Cc2ccccc2)C12C(=O)Nc1cc(Cl)ccc12. The molecule has 7 heteroatoms. The van der Waals surface area contributed by atoms with Crippen molar-refractivity contribution in [3.8, 4) is 0 Å². The van der Waals surface area contributed by atoms with Crippen LogP contribution in [0.2, 0.25) is 5.02 Å². The number of hydrogen-bond donors (Lipinski definition) is 4. The van der Waals surface area contributed by atoms with Crippen LogP contribution in [0.5, 0.6) is 0 Å². The second kappa shape index (κ2) is 9.47. The number of carbonyl (C=O) groups is 2. The molecule has 3 aliphatic rings. The molecule has 0 aromatic heterocycles. The van der Waals surface area contributed by atoms with Gasteiger partial charge in [0.25, 0.3) is 0 Å². The van der Waals surface area contributed by atoms with Crippen LogP contribution in [0.4, 0.5) is 5.69 Å². The molecule has 1 saturated heterocycles. The summed E-state index contributed by atoms with van der Waals surface area (Å²) in [5, 5.41) is 20.5. The van der Waals surface area contributed by atoms with Crippen LogP contribution in [-0.4, -0.2) is 41.2 Å². The van der Waals surface area contributed by atoms with Crippen LogP contribution in [0.3, 0.4) is 0 Å². The summed E-state index contributed by atoms with van der Waals surface area (Å²) in [4.78, 5) is 28.0. The van der Waals surface area contributed by atoms with Crippen molar-refractivity contribution in [3.05, 3.63) is 64.7 Å². The molecule has 4 N–H and O–H groups in total. The zero-order chi connectivity index (χ0) is 25.7. The highest BCUT2D eigenvalue weighted by Crippen LogP contribution is 2.55. The van der Waals surface area contributed by atoms with Crippen LogP contribution in [0.1, 0.15) is 57.6 Å². The zero-order valence-electron chi connectivity index (χ0n) is 21.2. The molecule has 1 aliphatic carbocycles. The summed E-state index contributed by atoms with van der Waals surface area (Å²) >= 11 is 6.31. The number of aliphatic hydroxyl groups is 1. The third-order valence-corrected chi connectivity index (χ3v) is 8.57. The molecule has 36 heavy (non-hydrogen) atoms. The molecule has 2 aromatic rings. The average Bonchev–Trinajstić information content (AvgIpc) is 3.31. The molecular weight excluding hydrogens is 474 g/mol. The lowest BCUT2D eigenvalue weighted by Gasteiger charge is -2.41. The van der Waals surface area contributed by atoms with Crippen molar-refractivity contribution in [2.24, 2.45) is 11.3 Å². The first-order valence-corrected chi connectivity index (χ1v) is 13.4. The molecule has 2 amide bonds. The highest BCUT2D eigenvalue weighted by Gasteiger charge is 2.67. The average molecular weight is 510 g/mol. The van der Waals surface area contributed by atoms with Crippen molar-refractivity contribution in [1.82, 2.24) is 10.6 Å². The third kappa shape index (κ3) is 4.33. The van der Waals surface area contributed by atoms with Gasteiger partial charge in [-0.05, 0) is 60.8 Å². The monoisotopic (exact) mass is 509 g/mol. The Morgan fingerprint density at radius 2 is 1.81 bits per heavy atom. The first kappa shape index (κ1) is 25.2. The third-order valence-electron chi connectivity index (χ3n) is 8.33. The lowest BCUT2D eigenvalue weighted by Crippen LogP contribution is -2.55. The summed E-state index contributed by atoms with van der Waals surface area (Å²) in [5.74, 6) is -0.455. The van der Waals surface area contributed by atoms with E-state index in [9.17, 15) is 14.7 Å². The molecule has 2 fully saturated rings. The Morgan fingerprint density at radius 3 is 2.47 bits per heavy atom. The van der Waals surface area contributed by atoms with Crippen molar-refractivity contribution in [2.75, 3.05) is 5.32 Å². The molecular formula is C29H36ClN3O3. The summed E-state index contributed by atoms with van der Waals surface area (Å²) in [7, 11) is 0. The predicted octanol–water partition coefficient (Wildman–Crippen LogP) is 4.20. The van der Waals surface area contributed by atoms with Gasteiger partial charge < -0.3 is 21.1 Å². The van der Waals surface area contributed by atoms with E-state index in [-0.39, 0.29) is 41.3 Å². The topological polar surface area (TPSA) is 90.5 Å². The van der Waals surface area contributed by atoms with Crippen LogP contribution in [0, 0.1) is 11.3 Å². The van der Waals surface area contributed by atoms with E-state index in [1.54, 1.807) is 0 Å². The normalized spacial score (nSPS) is 31.8. The maximum Gasteiger partial charge on any atom is 0.237 e. The molecule has 2 heterocycles. The van der Waals surface area contributed by atoms with Crippen molar-refractivity contribution in [3.63, 3.8) is 0 Å². The van der Waals surface area contributed by atoms with Gasteiger partial charge >= 0.3 is 0 Å². The van der Waals surface area contributed by atoms with Gasteiger partial charge in [-0.2, -0.15) is 0 Å². The van der Waals surface area contributed by atoms with Crippen molar-refractivity contribution in [1.29, 1.82) is 0 Å². The fourth-order valence-electron chi connectivity index (χ4n) is 6.74. The van der Waals surface area contributed by atoms with Crippen molar-refractivity contribution >= 4 is 29.1 Å². The van der Waals surface area contributed by atoms with Crippen LogP contribution < -0.4 is 16.0 Å². The minimum Gasteiger partial charge on any atom is -0.393 e. The van der Waals surface area contributed by atoms with Gasteiger partial charge in [0.2, 0.25) is 11.8 Å². The van der Waals surface area contributed by atoms with E-state index in [1.807, 2.05) is 36.4 Å². The first-order chi connectivity index (χ1) is 17.1. The molecule has 1 saturated carbocycles. The van der Waals surface area contributed by atoms with E-state index < -0.39 is 11.5 Å². The Morgan fingerprint density at radius 1 is 1.11 bits per heavy atom. The molecule has 2 aromatic carbocycles. The molecule has 0 bridgehead atoms. The van der Waals surface area contributed by atoms with Crippen molar-refractivity contribution in [2.45, 2.75) is 82.5 Å². The van der Waals surface area contributed by atoms with Gasteiger partial charge in [0, 0.05) is 28.7 Å². The summed E-state index contributed by atoms with van der Waals surface area (Å²) in [5.41, 5.74) is 1.48. The Bertz CT molecular complexity index is 1140. The Hall–Kier alpha value is -2.41. The number of carbonyl (C=O) groups excluding carboxylic acids is 2.